The van der Waals surface area contributed by atoms with Crippen LogP contribution in [-0.4, -0.2) is 12.4 Å². The highest BCUT2D eigenvalue weighted by Crippen LogP contribution is 2.13. The molecular formula is C14H9F3O2. The molecular weight excluding hydrogens is 257 g/mol. The molecule has 0 aromatic heterocycles. The molecule has 0 aliphatic heterocycles. The lowest BCUT2D eigenvalue weighted by molar-refractivity contribution is 0.0921. The highest BCUT2D eigenvalue weighted by atomic mass is 19.2. The van der Waals surface area contributed by atoms with Crippen molar-refractivity contribution in [2.75, 3.05) is 6.61 Å². The number of ketones is 1. The summed E-state index contributed by atoms with van der Waals surface area (Å²) < 4.78 is 43.4. The smallest absolute Gasteiger partial charge is 0.200 e. The van der Waals surface area contributed by atoms with Crippen LogP contribution < -0.4 is 4.74 Å². The fourth-order valence-electron chi connectivity index (χ4n) is 1.43. The van der Waals surface area contributed by atoms with Crippen LogP contribution in [0.5, 0.6) is 5.75 Å². The first kappa shape index (κ1) is 13.1. The van der Waals surface area contributed by atoms with Gasteiger partial charge < -0.3 is 4.74 Å². The van der Waals surface area contributed by atoms with Gasteiger partial charge in [-0.05, 0) is 42.5 Å². The van der Waals surface area contributed by atoms with Crippen molar-refractivity contribution in [2.24, 2.45) is 0 Å². The van der Waals surface area contributed by atoms with Crippen LogP contribution in [-0.2, 0) is 0 Å². The van der Waals surface area contributed by atoms with E-state index >= 15 is 0 Å². The number of benzene rings is 2. The van der Waals surface area contributed by atoms with Gasteiger partial charge in [-0.2, -0.15) is 0 Å². The molecule has 0 spiro atoms. The maximum absolute atomic E-state index is 12.9. The third-order valence-corrected chi connectivity index (χ3v) is 2.43. The van der Waals surface area contributed by atoms with Crippen molar-refractivity contribution < 1.29 is 22.7 Å². The van der Waals surface area contributed by atoms with Gasteiger partial charge in [0.15, 0.2) is 24.0 Å². The Kier molecular flexibility index (Phi) is 3.85. The first-order valence-corrected chi connectivity index (χ1v) is 5.43. The Morgan fingerprint density at radius 2 is 1.63 bits per heavy atom. The van der Waals surface area contributed by atoms with E-state index in [4.69, 9.17) is 4.74 Å². The third kappa shape index (κ3) is 3.34. The number of carbonyl (C=O) groups excluding carboxylic acids is 1. The van der Waals surface area contributed by atoms with Crippen LogP contribution in [0.15, 0.2) is 42.5 Å². The summed E-state index contributed by atoms with van der Waals surface area (Å²) in [5, 5.41) is 0. The second-order valence-corrected chi connectivity index (χ2v) is 3.79. The second-order valence-electron chi connectivity index (χ2n) is 3.79. The van der Waals surface area contributed by atoms with Gasteiger partial charge in [0.05, 0.1) is 0 Å². The monoisotopic (exact) mass is 266 g/mol. The molecule has 0 heterocycles. The Bertz CT molecular complexity index is 594. The molecule has 0 bridgehead atoms. The number of hydrogen-bond acceptors (Lipinski definition) is 2. The third-order valence-electron chi connectivity index (χ3n) is 2.43. The van der Waals surface area contributed by atoms with Crippen molar-refractivity contribution in [1.82, 2.24) is 0 Å². The van der Waals surface area contributed by atoms with E-state index < -0.39 is 23.2 Å². The van der Waals surface area contributed by atoms with Crippen LogP contribution in [0, 0.1) is 17.5 Å². The molecule has 0 saturated heterocycles. The van der Waals surface area contributed by atoms with Gasteiger partial charge in [-0.25, -0.2) is 13.2 Å². The Morgan fingerprint density at radius 3 is 2.26 bits per heavy atom. The minimum Gasteiger partial charge on any atom is -0.485 e. The van der Waals surface area contributed by atoms with E-state index in [0.717, 1.165) is 12.1 Å². The standard InChI is InChI=1S/C14H9F3O2/c15-10-2-4-11(5-3-10)19-8-14(18)9-1-6-12(16)13(17)7-9/h1-7H,8H2. The quantitative estimate of drug-likeness (QED) is 0.793. The zero-order valence-corrected chi connectivity index (χ0v) is 9.70. The van der Waals surface area contributed by atoms with E-state index in [0.29, 0.717) is 5.75 Å². The van der Waals surface area contributed by atoms with Crippen molar-refractivity contribution >= 4 is 5.78 Å². The van der Waals surface area contributed by atoms with Crippen molar-refractivity contribution in [3.8, 4) is 5.75 Å². The predicted octanol–water partition coefficient (Wildman–Crippen LogP) is 3.37. The summed E-state index contributed by atoms with van der Waals surface area (Å²) >= 11 is 0. The molecule has 0 fully saturated rings. The summed E-state index contributed by atoms with van der Waals surface area (Å²) in [6.07, 6.45) is 0. The molecule has 2 aromatic rings. The van der Waals surface area contributed by atoms with E-state index in [9.17, 15) is 18.0 Å². The lowest BCUT2D eigenvalue weighted by Crippen LogP contribution is -2.12. The molecule has 5 heteroatoms. The van der Waals surface area contributed by atoms with Crippen molar-refractivity contribution in [1.29, 1.82) is 0 Å². The van der Waals surface area contributed by atoms with Gasteiger partial charge in [0.2, 0.25) is 0 Å². The summed E-state index contributed by atoms with van der Waals surface area (Å²) in [6, 6.07) is 7.98. The first-order valence-electron chi connectivity index (χ1n) is 5.43. The molecule has 2 rings (SSSR count). The molecule has 0 radical (unpaired) electrons. The molecule has 0 N–H and O–H groups in total. The summed E-state index contributed by atoms with van der Waals surface area (Å²) in [5.41, 5.74) is 0.0148. The lowest BCUT2D eigenvalue weighted by atomic mass is 10.1. The maximum atomic E-state index is 12.9. The Labute approximate surface area is 107 Å². The molecule has 0 unspecified atom stereocenters. The largest absolute Gasteiger partial charge is 0.485 e. The fourth-order valence-corrected chi connectivity index (χ4v) is 1.43. The van der Waals surface area contributed by atoms with E-state index in [-0.39, 0.29) is 12.2 Å². The number of ether oxygens (including phenoxy) is 1. The van der Waals surface area contributed by atoms with Crippen molar-refractivity contribution in [3.05, 3.63) is 65.5 Å². The van der Waals surface area contributed by atoms with Gasteiger partial charge in [-0.15, -0.1) is 0 Å². The number of halogens is 3. The topological polar surface area (TPSA) is 26.3 Å². The average Bonchev–Trinajstić information content (AvgIpc) is 2.41. The molecule has 0 amide bonds. The van der Waals surface area contributed by atoms with Crippen LogP contribution >= 0.6 is 0 Å². The van der Waals surface area contributed by atoms with E-state index in [1.807, 2.05) is 0 Å². The number of Topliss-reactive ketones (excluding diaryl/α,β-unsaturated/α-hetero) is 1. The summed E-state index contributed by atoms with van der Waals surface area (Å²) in [6.45, 7) is -0.337. The molecule has 0 aliphatic rings. The van der Waals surface area contributed by atoms with Gasteiger partial charge in [0, 0.05) is 5.56 Å². The zero-order chi connectivity index (χ0) is 13.8. The van der Waals surface area contributed by atoms with Gasteiger partial charge in [0.25, 0.3) is 0 Å². The zero-order valence-electron chi connectivity index (χ0n) is 9.70. The maximum Gasteiger partial charge on any atom is 0.200 e. The highest BCUT2D eigenvalue weighted by Gasteiger charge is 2.10. The number of rotatable bonds is 4. The van der Waals surface area contributed by atoms with Crippen LogP contribution in [0.25, 0.3) is 0 Å². The fraction of sp³-hybridized carbons (Fsp3) is 0.0714. The van der Waals surface area contributed by atoms with Gasteiger partial charge >= 0.3 is 0 Å². The normalized spacial score (nSPS) is 10.3. The molecule has 0 saturated carbocycles. The van der Waals surface area contributed by atoms with E-state index in [1.165, 1.54) is 30.3 Å². The van der Waals surface area contributed by atoms with Crippen LogP contribution in [0.3, 0.4) is 0 Å². The van der Waals surface area contributed by atoms with Crippen LogP contribution in [0.2, 0.25) is 0 Å². The van der Waals surface area contributed by atoms with Gasteiger partial charge in [0.1, 0.15) is 11.6 Å². The predicted molar refractivity (Wildman–Crippen MR) is 62.6 cm³/mol. The van der Waals surface area contributed by atoms with Gasteiger partial charge in [-0.1, -0.05) is 0 Å². The Morgan fingerprint density at radius 1 is 0.947 bits per heavy atom. The molecule has 19 heavy (non-hydrogen) atoms. The number of carbonyl (C=O) groups is 1. The summed E-state index contributed by atoms with van der Waals surface area (Å²) in [5.74, 6) is -2.71. The average molecular weight is 266 g/mol. The van der Waals surface area contributed by atoms with Crippen molar-refractivity contribution in [3.63, 3.8) is 0 Å². The molecule has 98 valence electrons. The van der Waals surface area contributed by atoms with Crippen molar-refractivity contribution in [2.45, 2.75) is 0 Å². The minimum atomic E-state index is -1.09. The Hall–Kier alpha value is -2.30. The van der Waals surface area contributed by atoms with Gasteiger partial charge in [-0.3, -0.25) is 4.79 Å². The SMILES string of the molecule is O=C(COc1ccc(F)cc1)c1ccc(F)c(F)c1. The highest BCUT2D eigenvalue weighted by molar-refractivity contribution is 5.97. The van der Waals surface area contributed by atoms with E-state index in [2.05, 4.69) is 0 Å². The lowest BCUT2D eigenvalue weighted by Gasteiger charge is -2.05. The van der Waals surface area contributed by atoms with Crippen LogP contribution in [0.4, 0.5) is 13.2 Å². The van der Waals surface area contributed by atoms with E-state index in [1.54, 1.807) is 0 Å². The minimum absolute atomic E-state index is 0.0148. The van der Waals surface area contributed by atoms with Crippen LogP contribution in [0.1, 0.15) is 10.4 Å². The Balaban J connectivity index is 2.01. The molecule has 0 aliphatic carbocycles. The molecule has 0 atom stereocenters. The number of hydrogen-bond donors (Lipinski definition) is 0. The molecule has 2 nitrogen and oxygen atoms in total. The summed E-state index contributed by atoms with van der Waals surface area (Å²) in [7, 11) is 0. The molecule has 2 aromatic carbocycles. The second kappa shape index (κ2) is 5.56. The summed E-state index contributed by atoms with van der Waals surface area (Å²) in [4.78, 5) is 11.7. The first-order chi connectivity index (χ1) is 9.06.